The van der Waals surface area contributed by atoms with E-state index < -0.39 is 11.9 Å². The van der Waals surface area contributed by atoms with Gasteiger partial charge in [0.1, 0.15) is 11.5 Å². The Hall–Kier alpha value is -1.90. The first-order valence-electron chi connectivity index (χ1n) is 7.64. The number of piperidine rings is 1. The summed E-state index contributed by atoms with van der Waals surface area (Å²) < 4.78 is 47.6. The van der Waals surface area contributed by atoms with Crippen LogP contribution in [-0.4, -0.2) is 34.0 Å². The Kier molecular flexibility index (Phi) is 4.88. The minimum atomic E-state index is -4.45. The zero-order chi connectivity index (χ0) is 17.2. The van der Waals surface area contributed by atoms with Gasteiger partial charge in [-0.2, -0.15) is 17.5 Å². The molecule has 0 amide bonds. The Balaban J connectivity index is 1.50. The summed E-state index contributed by atoms with van der Waals surface area (Å²) in [5.74, 6) is 1.09. The SMILES string of the molecule is Cc1nsc(N2CCC(COc3cccc(C(F)(F)F)n3)CC2)n1. The van der Waals surface area contributed by atoms with Gasteiger partial charge in [0.15, 0.2) is 0 Å². The second kappa shape index (κ2) is 6.92. The Morgan fingerprint density at radius 1 is 1.25 bits per heavy atom. The van der Waals surface area contributed by atoms with Crippen LogP contribution in [0.2, 0.25) is 0 Å². The van der Waals surface area contributed by atoms with Gasteiger partial charge in [-0.25, -0.2) is 9.97 Å². The Bertz CT molecular complexity index is 683. The van der Waals surface area contributed by atoms with Crippen molar-refractivity contribution < 1.29 is 17.9 Å². The molecule has 1 aliphatic heterocycles. The molecule has 0 aliphatic carbocycles. The van der Waals surface area contributed by atoms with Crippen molar-refractivity contribution in [3.63, 3.8) is 0 Å². The first kappa shape index (κ1) is 16.9. The molecule has 9 heteroatoms. The molecule has 3 heterocycles. The molecule has 0 aromatic carbocycles. The molecule has 0 radical (unpaired) electrons. The minimum Gasteiger partial charge on any atom is -0.477 e. The van der Waals surface area contributed by atoms with E-state index in [0.29, 0.717) is 12.5 Å². The summed E-state index contributed by atoms with van der Waals surface area (Å²) in [5, 5.41) is 0.923. The van der Waals surface area contributed by atoms with Crippen LogP contribution in [0, 0.1) is 12.8 Å². The highest BCUT2D eigenvalue weighted by Crippen LogP contribution is 2.29. The van der Waals surface area contributed by atoms with Crippen molar-refractivity contribution >= 4 is 16.7 Å². The lowest BCUT2D eigenvalue weighted by atomic mass is 9.98. The first-order valence-corrected chi connectivity index (χ1v) is 8.41. The summed E-state index contributed by atoms with van der Waals surface area (Å²) in [6.45, 7) is 3.93. The number of ether oxygens (including phenoxy) is 1. The van der Waals surface area contributed by atoms with Crippen molar-refractivity contribution in [2.75, 3.05) is 24.6 Å². The Morgan fingerprint density at radius 2 is 2.00 bits per heavy atom. The van der Waals surface area contributed by atoms with Crippen LogP contribution in [0.5, 0.6) is 5.88 Å². The summed E-state index contributed by atoms with van der Waals surface area (Å²) in [6, 6.07) is 3.70. The molecule has 24 heavy (non-hydrogen) atoms. The second-order valence-electron chi connectivity index (χ2n) is 5.72. The van der Waals surface area contributed by atoms with Crippen LogP contribution in [0.4, 0.5) is 18.3 Å². The topological polar surface area (TPSA) is 51.1 Å². The van der Waals surface area contributed by atoms with E-state index in [9.17, 15) is 13.2 Å². The van der Waals surface area contributed by atoms with Gasteiger partial charge in [0, 0.05) is 30.7 Å². The molecule has 1 aliphatic rings. The predicted molar refractivity (Wildman–Crippen MR) is 84.3 cm³/mol. The third kappa shape index (κ3) is 4.14. The number of aryl methyl sites for hydroxylation is 1. The highest BCUT2D eigenvalue weighted by molar-refractivity contribution is 7.09. The molecule has 0 bridgehead atoms. The third-order valence-corrected chi connectivity index (χ3v) is 4.75. The number of nitrogens with zero attached hydrogens (tertiary/aromatic N) is 4. The van der Waals surface area contributed by atoms with Crippen LogP contribution in [0.1, 0.15) is 24.4 Å². The van der Waals surface area contributed by atoms with E-state index in [4.69, 9.17) is 4.74 Å². The summed E-state index contributed by atoms with van der Waals surface area (Å²) in [7, 11) is 0. The summed E-state index contributed by atoms with van der Waals surface area (Å²) >= 11 is 1.39. The Morgan fingerprint density at radius 3 is 2.62 bits per heavy atom. The number of anilines is 1. The monoisotopic (exact) mass is 358 g/mol. The van der Waals surface area contributed by atoms with Gasteiger partial charge in [-0.05, 0) is 31.7 Å². The lowest BCUT2D eigenvalue weighted by Gasteiger charge is -2.31. The molecule has 0 spiro atoms. The molecular weight excluding hydrogens is 341 g/mol. The average molecular weight is 358 g/mol. The fraction of sp³-hybridized carbons (Fsp3) is 0.533. The zero-order valence-electron chi connectivity index (χ0n) is 13.1. The first-order chi connectivity index (χ1) is 11.4. The number of halogens is 3. The van der Waals surface area contributed by atoms with E-state index >= 15 is 0 Å². The van der Waals surface area contributed by atoms with Crippen LogP contribution in [0.25, 0.3) is 0 Å². The molecule has 3 rings (SSSR count). The van der Waals surface area contributed by atoms with E-state index in [-0.39, 0.29) is 5.88 Å². The lowest BCUT2D eigenvalue weighted by molar-refractivity contribution is -0.141. The fourth-order valence-electron chi connectivity index (χ4n) is 2.56. The predicted octanol–water partition coefficient (Wildman–Crippen LogP) is 3.56. The molecule has 0 saturated carbocycles. The average Bonchev–Trinajstić information content (AvgIpc) is 2.99. The lowest BCUT2D eigenvalue weighted by Crippen LogP contribution is -2.35. The van der Waals surface area contributed by atoms with Crippen molar-refractivity contribution in [2.24, 2.45) is 5.92 Å². The van der Waals surface area contributed by atoms with Gasteiger partial charge in [0.25, 0.3) is 0 Å². The number of aromatic nitrogens is 3. The van der Waals surface area contributed by atoms with Gasteiger partial charge >= 0.3 is 6.18 Å². The van der Waals surface area contributed by atoms with Crippen molar-refractivity contribution in [2.45, 2.75) is 25.9 Å². The second-order valence-corrected chi connectivity index (χ2v) is 6.45. The van der Waals surface area contributed by atoms with Crippen molar-refractivity contribution in [1.82, 2.24) is 14.3 Å². The molecule has 1 fully saturated rings. The van der Waals surface area contributed by atoms with Crippen LogP contribution in [-0.2, 0) is 6.18 Å². The molecule has 0 unspecified atom stereocenters. The van der Waals surface area contributed by atoms with Crippen molar-refractivity contribution in [1.29, 1.82) is 0 Å². The normalized spacial score (nSPS) is 16.4. The third-order valence-electron chi connectivity index (χ3n) is 3.88. The minimum absolute atomic E-state index is 0.0204. The van der Waals surface area contributed by atoms with Gasteiger partial charge in [0.05, 0.1) is 6.61 Å². The summed E-state index contributed by atoms with van der Waals surface area (Å²) in [5.41, 5.74) is -0.929. The van der Waals surface area contributed by atoms with E-state index in [1.807, 2.05) is 6.92 Å². The van der Waals surface area contributed by atoms with E-state index in [0.717, 1.165) is 43.0 Å². The van der Waals surface area contributed by atoms with Crippen LogP contribution < -0.4 is 9.64 Å². The molecule has 0 atom stereocenters. The molecule has 2 aromatic heterocycles. The van der Waals surface area contributed by atoms with Crippen molar-refractivity contribution in [3.8, 4) is 5.88 Å². The van der Waals surface area contributed by atoms with E-state index in [1.165, 1.54) is 23.7 Å². The van der Waals surface area contributed by atoms with Gasteiger partial charge in [-0.15, -0.1) is 0 Å². The maximum Gasteiger partial charge on any atom is 0.433 e. The maximum absolute atomic E-state index is 12.6. The zero-order valence-corrected chi connectivity index (χ0v) is 13.9. The number of hydrogen-bond donors (Lipinski definition) is 0. The molecule has 0 N–H and O–H groups in total. The fourth-order valence-corrected chi connectivity index (χ4v) is 3.29. The number of alkyl halides is 3. The largest absolute Gasteiger partial charge is 0.477 e. The van der Waals surface area contributed by atoms with Crippen LogP contribution in [0.15, 0.2) is 18.2 Å². The Labute approximate surface area is 141 Å². The molecular formula is C15H17F3N4OS. The van der Waals surface area contributed by atoms with Crippen LogP contribution in [0.3, 0.4) is 0 Å². The number of hydrogen-bond acceptors (Lipinski definition) is 6. The number of rotatable bonds is 4. The molecule has 2 aromatic rings. The smallest absolute Gasteiger partial charge is 0.433 e. The molecule has 1 saturated heterocycles. The van der Waals surface area contributed by atoms with Gasteiger partial charge in [0.2, 0.25) is 11.0 Å². The van der Waals surface area contributed by atoms with Gasteiger partial charge in [-0.3, -0.25) is 0 Å². The maximum atomic E-state index is 12.6. The highest BCUT2D eigenvalue weighted by Gasteiger charge is 2.32. The quantitative estimate of drug-likeness (QED) is 0.837. The van der Waals surface area contributed by atoms with E-state index in [2.05, 4.69) is 19.2 Å². The van der Waals surface area contributed by atoms with Crippen LogP contribution >= 0.6 is 11.5 Å². The standard InChI is InChI=1S/C15H17F3N4OS/c1-10-19-14(24-21-10)22-7-5-11(6-8-22)9-23-13-4-2-3-12(20-13)15(16,17)18/h2-4,11H,5-9H2,1H3. The highest BCUT2D eigenvalue weighted by atomic mass is 32.1. The van der Waals surface area contributed by atoms with Crippen molar-refractivity contribution in [3.05, 3.63) is 29.7 Å². The molecule has 130 valence electrons. The van der Waals surface area contributed by atoms with Gasteiger partial charge < -0.3 is 9.64 Å². The number of pyridine rings is 1. The summed E-state index contributed by atoms with van der Waals surface area (Å²) in [6.07, 6.45) is -2.65. The molecule has 5 nitrogen and oxygen atoms in total. The van der Waals surface area contributed by atoms with Gasteiger partial charge in [-0.1, -0.05) is 6.07 Å². The van der Waals surface area contributed by atoms with E-state index in [1.54, 1.807) is 0 Å². The summed E-state index contributed by atoms with van der Waals surface area (Å²) in [4.78, 5) is 10.1.